The number of anilines is 1. The second-order valence-corrected chi connectivity index (χ2v) is 5.01. The Morgan fingerprint density at radius 3 is 2.76 bits per heavy atom. The minimum Gasteiger partial charge on any atom is -0.497 e. The van der Waals surface area contributed by atoms with Crippen molar-refractivity contribution < 1.29 is 4.74 Å². The molecule has 4 heteroatoms. The third-order valence-corrected chi connectivity index (χ3v) is 3.33. The molecule has 3 nitrogen and oxygen atoms in total. The first kappa shape index (κ1) is 12.2. The minimum absolute atomic E-state index is 0.435. The van der Waals surface area contributed by atoms with E-state index in [1.165, 1.54) is 12.8 Å². The van der Waals surface area contributed by atoms with Gasteiger partial charge in [-0.05, 0) is 30.9 Å². The highest BCUT2D eigenvalue weighted by molar-refractivity contribution is 7.80. The molecule has 1 aromatic rings. The number of rotatable bonds is 5. The summed E-state index contributed by atoms with van der Waals surface area (Å²) in [6.07, 6.45) is 2.66. The highest BCUT2D eigenvalue weighted by Gasteiger charge is 2.24. The maximum atomic E-state index is 5.75. The van der Waals surface area contributed by atoms with Crippen molar-refractivity contribution in [2.45, 2.75) is 12.8 Å². The maximum Gasteiger partial charge on any atom is 0.120 e. The van der Waals surface area contributed by atoms with E-state index in [1.807, 2.05) is 18.2 Å². The Morgan fingerprint density at radius 2 is 2.24 bits per heavy atom. The van der Waals surface area contributed by atoms with Crippen LogP contribution in [0.25, 0.3) is 0 Å². The first-order chi connectivity index (χ1) is 8.11. The summed E-state index contributed by atoms with van der Waals surface area (Å²) in [6.45, 7) is 1.06. The molecule has 1 aromatic carbocycles. The van der Waals surface area contributed by atoms with E-state index >= 15 is 0 Å². The molecule has 0 radical (unpaired) electrons. The van der Waals surface area contributed by atoms with E-state index in [4.69, 9.17) is 22.7 Å². The predicted molar refractivity (Wildman–Crippen MR) is 74.9 cm³/mol. The average Bonchev–Trinajstić information content (AvgIpc) is 3.11. The van der Waals surface area contributed by atoms with Crippen molar-refractivity contribution in [2.24, 2.45) is 11.7 Å². The van der Waals surface area contributed by atoms with Crippen LogP contribution in [0.5, 0.6) is 5.75 Å². The summed E-state index contributed by atoms with van der Waals surface area (Å²) < 4.78 is 5.25. The van der Waals surface area contributed by atoms with Crippen molar-refractivity contribution in [1.82, 2.24) is 0 Å². The summed E-state index contributed by atoms with van der Waals surface area (Å²) in [5.41, 5.74) is 7.73. The lowest BCUT2D eigenvalue weighted by Crippen LogP contribution is -2.24. The van der Waals surface area contributed by atoms with Gasteiger partial charge in [-0.25, -0.2) is 0 Å². The molecule has 1 saturated carbocycles. The van der Waals surface area contributed by atoms with Crippen LogP contribution in [0.3, 0.4) is 0 Å². The van der Waals surface area contributed by atoms with Gasteiger partial charge in [0, 0.05) is 25.2 Å². The van der Waals surface area contributed by atoms with Crippen LogP contribution in [0.1, 0.15) is 18.4 Å². The van der Waals surface area contributed by atoms with E-state index in [-0.39, 0.29) is 0 Å². The Balaban J connectivity index is 2.29. The lowest BCUT2D eigenvalue weighted by molar-refractivity contribution is 0.415. The van der Waals surface area contributed by atoms with Crippen molar-refractivity contribution in [3.05, 3.63) is 23.8 Å². The maximum absolute atomic E-state index is 5.75. The van der Waals surface area contributed by atoms with E-state index in [2.05, 4.69) is 11.9 Å². The molecule has 0 bridgehead atoms. The van der Waals surface area contributed by atoms with Gasteiger partial charge < -0.3 is 15.4 Å². The Kier molecular flexibility index (Phi) is 3.52. The van der Waals surface area contributed by atoms with Crippen molar-refractivity contribution >= 4 is 22.9 Å². The van der Waals surface area contributed by atoms with Gasteiger partial charge in [0.2, 0.25) is 0 Å². The number of benzene rings is 1. The van der Waals surface area contributed by atoms with Crippen molar-refractivity contribution in [3.8, 4) is 5.75 Å². The molecule has 1 aliphatic rings. The molecule has 1 fully saturated rings. The summed E-state index contributed by atoms with van der Waals surface area (Å²) >= 11 is 5.09. The van der Waals surface area contributed by atoms with E-state index in [0.717, 1.165) is 29.5 Å². The molecule has 0 heterocycles. The van der Waals surface area contributed by atoms with Gasteiger partial charge in [0.15, 0.2) is 0 Å². The van der Waals surface area contributed by atoms with Crippen molar-refractivity contribution in [3.63, 3.8) is 0 Å². The Hall–Kier alpha value is -1.29. The fourth-order valence-corrected chi connectivity index (χ4v) is 2.12. The Bertz CT molecular complexity index is 429. The van der Waals surface area contributed by atoms with Crippen LogP contribution in [0.4, 0.5) is 5.69 Å². The lowest BCUT2D eigenvalue weighted by atomic mass is 10.1. The van der Waals surface area contributed by atoms with Crippen LogP contribution < -0.4 is 15.4 Å². The zero-order valence-electron chi connectivity index (χ0n) is 10.3. The van der Waals surface area contributed by atoms with Crippen LogP contribution >= 0.6 is 12.2 Å². The molecule has 0 amide bonds. The number of hydrogen-bond donors (Lipinski definition) is 1. The van der Waals surface area contributed by atoms with Gasteiger partial charge in [-0.2, -0.15) is 0 Å². The molecule has 92 valence electrons. The first-order valence-electron chi connectivity index (χ1n) is 5.80. The molecule has 0 spiro atoms. The molecule has 0 aliphatic heterocycles. The molecule has 0 aromatic heterocycles. The minimum atomic E-state index is 0.435. The summed E-state index contributed by atoms with van der Waals surface area (Å²) in [5.74, 6) is 1.66. The van der Waals surface area contributed by atoms with Crippen LogP contribution in [-0.4, -0.2) is 25.7 Å². The summed E-state index contributed by atoms with van der Waals surface area (Å²) in [4.78, 5) is 2.65. The Labute approximate surface area is 108 Å². The molecule has 2 rings (SSSR count). The normalized spacial score (nSPS) is 14.5. The largest absolute Gasteiger partial charge is 0.497 e. The smallest absolute Gasteiger partial charge is 0.120 e. The van der Waals surface area contributed by atoms with Gasteiger partial charge in [0.05, 0.1) is 12.8 Å². The SMILES string of the molecule is COc1ccc(C(N)=S)c(N(C)CC2CC2)c1. The number of methoxy groups -OCH3 is 1. The van der Waals surface area contributed by atoms with Crippen LogP contribution in [-0.2, 0) is 0 Å². The van der Waals surface area contributed by atoms with E-state index in [9.17, 15) is 0 Å². The van der Waals surface area contributed by atoms with Gasteiger partial charge in [-0.15, -0.1) is 0 Å². The molecule has 0 atom stereocenters. The molecule has 0 unspecified atom stereocenters. The molecular formula is C13H18N2OS. The average molecular weight is 250 g/mol. The van der Waals surface area contributed by atoms with Crippen LogP contribution in [0, 0.1) is 5.92 Å². The van der Waals surface area contributed by atoms with Gasteiger partial charge in [0.25, 0.3) is 0 Å². The topological polar surface area (TPSA) is 38.5 Å². The number of nitrogens with zero attached hydrogens (tertiary/aromatic N) is 1. The quantitative estimate of drug-likeness (QED) is 0.813. The van der Waals surface area contributed by atoms with Gasteiger partial charge in [-0.1, -0.05) is 12.2 Å². The van der Waals surface area contributed by atoms with Gasteiger partial charge in [0.1, 0.15) is 10.7 Å². The molecule has 17 heavy (non-hydrogen) atoms. The number of hydrogen-bond acceptors (Lipinski definition) is 3. The third-order valence-electron chi connectivity index (χ3n) is 3.11. The monoisotopic (exact) mass is 250 g/mol. The third kappa shape index (κ3) is 2.88. The number of ether oxygens (including phenoxy) is 1. The second-order valence-electron chi connectivity index (χ2n) is 4.57. The number of thiocarbonyl (C=S) groups is 1. The van der Waals surface area contributed by atoms with E-state index in [0.29, 0.717) is 4.99 Å². The first-order valence-corrected chi connectivity index (χ1v) is 6.21. The second kappa shape index (κ2) is 4.92. The van der Waals surface area contributed by atoms with Gasteiger partial charge >= 0.3 is 0 Å². The van der Waals surface area contributed by atoms with E-state index < -0.39 is 0 Å². The highest BCUT2D eigenvalue weighted by atomic mass is 32.1. The van der Waals surface area contributed by atoms with Crippen LogP contribution in [0.2, 0.25) is 0 Å². The lowest BCUT2D eigenvalue weighted by Gasteiger charge is -2.22. The van der Waals surface area contributed by atoms with Crippen molar-refractivity contribution in [1.29, 1.82) is 0 Å². The molecule has 1 aliphatic carbocycles. The molecule has 0 saturated heterocycles. The van der Waals surface area contributed by atoms with Crippen LogP contribution in [0.15, 0.2) is 18.2 Å². The summed E-state index contributed by atoms with van der Waals surface area (Å²) in [5, 5.41) is 0. The summed E-state index contributed by atoms with van der Waals surface area (Å²) in [6, 6.07) is 5.82. The fraction of sp³-hybridized carbons (Fsp3) is 0.462. The number of nitrogens with two attached hydrogens (primary N) is 1. The van der Waals surface area contributed by atoms with Gasteiger partial charge in [-0.3, -0.25) is 0 Å². The Morgan fingerprint density at radius 1 is 1.53 bits per heavy atom. The summed E-state index contributed by atoms with van der Waals surface area (Å²) in [7, 11) is 3.75. The molecular weight excluding hydrogens is 232 g/mol. The molecule has 2 N–H and O–H groups in total. The highest BCUT2D eigenvalue weighted by Crippen LogP contribution is 2.33. The predicted octanol–water partition coefficient (Wildman–Crippen LogP) is 2.18. The standard InChI is InChI=1S/C13H18N2OS/c1-15(8-9-3-4-9)12-7-10(16-2)5-6-11(12)13(14)17/h5-7,9H,3-4,8H2,1-2H3,(H2,14,17). The fourth-order valence-electron chi connectivity index (χ4n) is 1.95. The van der Waals surface area contributed by atoms with E-state index in [1.54, 1.807) is 7.11 Å². The zero-order chi connectivity index (χ0) is 12.4. The zero-order valence-corrected chi connectivity index (χ0v) is 11.1. The van der Waals surface area contributed by atoms with Crippen molar-refractivity contribution in [2.75, 3.05) is 25.6 Å².